The van der Waals surface area contributed by atoms with Crippen LogP contribution in [0.4, 0.5) is 0 Å². The third-order valence-corrected chi connectivity index (χ3v) is 4.57. The van der Waals surface area contributed by atoms with E-state index in [9.17, 15) is 0 Å². The molecule has 24 heavy (non-hydrogen) atoms. The lowest BCUT2D eigenvalue weighted by Gasteiger charge is -2.29. The molecule has 2 aromatic rings. The summed E-state index contributed by atoms with van der Waals surface area (Å²) in [4.78, 5) is 0. The molecule has 1 fully saturated rings. The van der Waals surface area contributed by atoms with Crippen molar-refractivity contribution in [3.05, 3.63) is 60.2 Å². The monoisotopic (exact) mass is 324 g/mol. The largest absolute Gasteiger partial charge is 0.457 e. The fourth-order valence-corrected chi connectivity index (χ4v) is 3.31. The highest BCUT2D eigenvalue weighted by Gasteiger charge is 2.18. The maximum atomic E-state index is 5.89. The van der Waals surface area contributed by atoms with Crippen LogP contribution in [-0.2, 0) is 0 Å². The molecule has 0 saturated carbocycles. The van der Waals surface area contributed by atoms with Crippen molar-refractivity contribution in [2.45, 2.75) is 44.7 Å². The molecule has 128 valence electrons. The number of ether oxygens (including phenoxy) is 1. The Bertz CT molecular complexity index is 591. The SMILES string of the molecule is CCCC(N[C@H]1CCCNC1)c1ccc(Oc2ccccc2)cc1. The lowest BCUT2D eigenvalue weighted by atomic mass is 9.99. The van der Waals surface area contributed by atoms with Crippen LogP contribution in [0.3, 0.4) is 0 Å². The third-order valence-electron chi connectivity index (χ3n) is 4.57. The van der Waals surface area contributed by atoms with E-state index in [-0.39, 0.29) is 0 Å². The molecule has 0 bridgehead atoms. The average Bonchev–Trinajstić information content (AvgIpc) is 2.64. The van der Waals surface area contributed by atoms with Gasteiger partial charge < -0.3 is 15.4 Å². The number of piperidine rings is 1. The molecule has 3 nitrogen and oxygen atoms in total. The van der Waals surface area contributed by atoms with E-state index in [0.29, 0.717) is 12.1 Å². The molecule has 2 N–H and O–H groups in total. The van der Waals surface area contributed by atoms with Crippen molar-refractivity contribution >= 4 is 0 Å². The second-order valence-electron chi connectivity index (χ2n) is 6.54. The van der Waals surface area contributed by atoms with Gasteiger partial charge in [0.15, 0.2) is 0 Å². The molecule has 0 radical (unpaired) electrons. The minimum atomic E-state index is 0.422. The van der Waals surface area contributed by atoms with E-state index in [1.165, 1.54) is 24.8 Å². The van der Waals surface area contributed by atoms with Crippen molar-refractivity contribution in [2.24, 2.45) is 0 Å². The molecule has 0 aliphatic carbocycles. The van der Waals surface area contributed by atoms with Gasteiger partial charge >= 0.3 is 0 Å². The Hall–Kier alpha value is -1.84. The Kier molecular flexibility index (Phi) is 6.27. The van der Waals surface area contributed by atoms with E-state index in [1.807, 2.05) is 30.3 Å². The molecule has 2 aromatic carbocycles. The second kappa shape index (κ2) is 8.86. The lowest BCUT2D eigenvalue weighted by molar-refractivity contribution is 0.342. The van der Waals surface area contributed by atoms with Gasteiger partial charge in [0.05, 0.1) is 0 Å². The van der Waals surface area contributed by atoms with E-state index < -0.39 is 0 Å². The molecular formula is C21H28N2O. The van der Waals surface area contributed by atoms with Gasteiger partial charge in [-0.3, -0.25) is 0 Å². The van der Waals surface area contributed by atoms with Crippen LogP contribution in [0.5, 0.6) is 11.5 Å². The Balaban J connectivity index is 1.64. The Labute approximate surface area is 145 Å². The van der Waals surface area contributed by atoms with E-state index in [2.05, 4.69) is 41.8 Å². The van der Waals surface area contributed by atoms with Crippen LogP contribution >= 0.6 is 0 Å². The standard InChI is InChI=1S/C21H28N2O/c1-2-7-21(23-18-8-6-15-22-16-18)17-11-13-20(14-12-17)24-19-9-4-3-5-10-19/h3-5,9-14,18,21-23H,2,6-8,15-16H2,1H3/t18-,21?/m0/s1. The van der Waals surface area contributed by atoms with Gasteiger partial charge in [-0.15, -0.1) is 0 Å². The summed E-state index contributed by atoms with van der Waals surface area (Å²) < 4.78 is 5.89. The van der Waals surface area contributed by atoms with Gasteiger partial charge in [0.2, 0.25) is 0 Å². The molecule has 0 amide bonds. The van der Waals surface area contributed by atoms with Gasteiger partial charge in [-0.05, 0) is 55.6 Å². The van der Waals surface area contributed by atoms with Crippen LogP contribution in [-0.4, -0.2) is 19.1 Å². The van der Waals surface area contributed by atoms with Crippen LogP contribution in [0, 0.1) is 0 Å². The highest BCUT2D eigenvalue weighted by molar-refractivity contribution is 5.34. The van der Waals surface area contributed by atoms with Crippen LogP contribution in [0.25, 0.3) is 0 Å². The topological polar surface area (TPSA) is 33.3 Å². The summed E-state index contributed by atoms with van der Waals surface area (Å²) >= 11 is 0. The smallest absolute Gasteiger partial charge is 0.127 e. The predicted octanol–water partition coefficient (Wildman–Crippen LogP) is 4.66. The Morgan fingerprint density at radius 1 is 1.08 bits per heavy atom. The quantitative estimate of drug-likeness (QED) is 0.777. The molecule has 0 spiro atoms. The zero-order valence-electron chi connectivity index (χ0n) is 14.5. The van der Waals surface area contributed by atoms with E-state index in [1.54, 1.807) is 0 Å². The molecule has 1 aliphatic rings. The van der Waals surface area contributed by atoms with E-state index in [0.717, 1.165) is 31.0 Å². The molecule has 1 saturated heterocycles. The van der Waals surface area contributed by atoms with Gasteiger partial charge in [0.1, 0.15) is 11.5 Å². The van der Waals surface area contributed by atoms with Crippen molar-refractivity contribution in [3.63, 3.8) is 0 Å². The minimum absolute atomic E-state index is 0.422. The number of hydrogen-bond donors (Lipinski definition) is 2. The summed E-state index contributed by atoms with van der Waals surface area (Å²) in [5, 5.41) is 7.33. The highest BCUT2D eigenvalue weighted by Crippen LogP contribution is 2.25. The van der Waals surface area contributed by atoms with Gasteiger partial charge in [0, 0.05) is 18.6 Å². The Morgan fingerprint density at radius 3 is 2.50 bits per heavy atom. The molecule has 1 heterocycles. The van der Waals surface area contributed by atoms with Crippen molar-refractivity contribution in [1.82, 2.24) is 10.6 Å². The third kappa shape index (κ3) is 4.83. The van der Waals surface area contributed by atoms with E-state index in [4.69, 9.17) is 4.74 Å². The number of benzene rings is 2. The molecule has 1 aliphatic heterocycles. The van der Waals surface area contributed by atoms with Crippen LogP contribution in [0.1, 0.15) is 44.2 Å². The number of nitrogens with one attached hydrogen (secondary N) is 2. The Morgan fingerprint density at radius 2 is 1.83 bits per heavy atom. The lowest BCUT2D eigenvalue weighted by Crippen LogP contribution is -2.44. The first-order valence-corrected chi connectivity index (χ1v) is 9.15. The van der Waals surface area contributed by atoms with Gasteiger partial charge in [0.25, 0.3) is 0 Å². The first kappa shape index (κ1) is 17.0. The number of para-hydroxylation sites is 1. The van der Waals surface area contributed by atoms with Crippen LogP contribution in [0.2, 0.25) is 0 Å². The second-order valence-corrected chi connectivity index (χ2v) is 6.54. The minimum Gasteiger partial charge on any atom is -0.457 e. The summed E-state index contributed by atoms with van der Waals surface area (Å²) in [5.41, 5.74) is 1.35. The first-order valence-electron chi connectivity index (χ1n) is 9.15. The number of rotatable bonds is 7. The maximum absolute atomic E-state index is 5.89. The van der Waals surface area contributed by atoms with Gasteiger partial charge in [-0.2, -0.15) is 0 Å². The first-order chi connectivity index (χ1) is 11.8. The summed E-state index contributed by atoms with van der Waals surface area (Å²) in [6.45, 7) is 4.48. The molecule has 0 aromatic heterocycles. The maximum Gasteiger partial charge on any atom is 0.127 e. The van der Waals surface area contributed by atoms with Gasteiger partial charge in [-0.25, -0.2) is 0 Å². The average molecular weight is 324 g/mol. The van der Waals surface area contributed by atoms with Crippen LogP contribution in [0.15, 0.2) is 54.6 Å². The summed E-state index contributed by atoms with van der Waals surface area (Å²) in [6, 6.07) is 19.5. The molecule has 2 atom stereocenters. The van der Waals surface area contributed by atoms with Crippen molar-refractivity contribution < 1.29 is 4.74 Å². The van der Waals surface area contributed by atoms with Crippen molar-refractivity contribution in [1.29, 1.82) is 0 Å². The van der Waals surface area contributed by atoms with Crippen molar-refractivity contribution in [2.75, 3.05) is 13.1 Å². The summed E-state index contributed by atoms with van der Waals surface area (Å²) in [7, 11) is 0. The summed E-state index contributed by atoms with van der Waals surface area (Å²) in [5.74, 6) is 1.77. The predicted molar refractivity (Wildman–Crippen MR) is 99.6 cm³/mol. The highest BCUT2D eigenvalue weighted by atomic mass is 16.5. The van der Waals surface area contributed by atoms with Gasteiger partial charge in [-0.1, -0.05) is 43.7 Å². The fraction of sp³-hybridized carbons (Fsp3) is 0.429. The molecule has 1 unspecified atom stereocenters. The fourth-order valence-electron chi connectivity index (χ4n) is 3.31. The zero-order chi connectivity index (χ0) is 16.6. The normalized spacial score (nSPS) is 19.0. The van der Waals surface area contributed by atoms with E-state index >= 15 is 0 Å². The number of hydrogen-bond acceptors (Lipinski definition) is 3. The molecule has 3 heteroatoms. The zero-order valence-corrected chi connectivity index (χ0v) is 14.5. The summed E-state index contributed by atoms with van der Waals surface area (Å²) in [6.07, 6.45) is 4.87. The molecule has 3 rings (SSSR count). The van der Waals surface area contributed by atoms with Crippen molar-refractivity contribution in [3.8, 4) is 11.5 Å². The molecular weight excluding hydrogens is 296 g/mol. The van der Waals surface area contributed by atoms with Crippen LogP contribution < -0.4 is 15.4 Å².